The summed E-state index contributed by atoms with van der Waals surface area (Å²) in [5, 5.41) is 12.2. The van der Waals surface area contributed by atoms with E-state index in [2.05, 4.69) is 16.4 Å². The van der Waals surface area contributed by atoms with Crippen LogP contribution in [0, 0.1) is 0 Å². The third kappa shape index (κ3) is 4.95. The highest BCUT2D eigenvalue weighted by Gasteiger charge is 2.17. The van der Waals surface area contributed by atoms with Crippen molar-refractivity contribution in [1.82, 2.24) is 10.3 Å². The number of phenols is 1. The second-order valence-corrected chi connectivity index (χ2v) is 6.66. The maximum absolute atomic E-state index is 12.2. The summed E-state index contributed by atoms with van der Waals surface area (Å²) in [6, 6.07) is 6.36. The average Bonchev–Trinajstić information content (AvgIpc) is 3.15. The number of oxazole rings is 1. The van der Waals surface area contributed by atoms with Crippen molar-refractivity contribution in [1.29, 1.82) is 0 Å². The molecule has 1 atom stereocenters. The Hall–Kier alpha value is -2.60. The van der Waals surface area contributed by atoms with Gasteiger partial charge in [0.15, 0.2) is 5.69 Å². The number of nitrogens with one attached hydrogen (secondary N) is 1. The molecule has 0 aliphatic heterocycles. The largest absolute Gasteiger partial charge is 0.508 e. The fourth-order valence-corrected chi connectivity index (χ4v) is 3.09. The summed E-state index contributed by atoms with van der Waals surface area (Å²) in [6.45, 7) is 0.604. The highest BCUT2D eigenvalue weighted by Crippen LogP contribution is 2.20. The van der Waals surface area contributed by atoms with Gasteiger partial charge in [-0.2, -0.15) is 0 Å². The lowest BCUT2D eigenvalue weighted by molar-refractivity contribution is 0.0949. The summed E-state index contributed by atoms with van der Waals surface area (Å²) in [5.74, 6) is 0.299. The van der Waals surface area contributed by atoms with Crippen molar-refractivity contribution in [3.63, 3.8) is 0 Å². The minimum atomic E-state index is -0.450. The van der Waals surface area contributed by atoms with Gasteiger partial charge in [-0.1, -0.05) is 23.8 Å². The van der Waals surface area contributed by atoms with Crippen LogP contribution < -0.4 is 11.1 Å². The fourth-order valence-electron chi connectivity index (χ4n) is 3.09. The van der Waals surface area contributed by atoms with Crippen molar-refractivity contribution in [3.8, 4) is 5.75 Å². The Labute approximate surface area is 153 Å². The number of rotatable bonds is 7. The summed E-state index contributed by atoms with van der Waals surface area (Å²) in [7, 11) is 0. The summed E-state index contributed by atoms with van der Waals surface area (Å²) in [5.41, 5.74) is 8.75. The number of amides is 1. The van der Waals surface area contributed by atoms with Crippen LogP contribution in [-0.4, -0.2) is 22.5 Å². The molecular formula is C20H25N3O3. The highest BCUT2D eigenvalue weighted by atomic mass is 16.3. The van der Waals surface area contributed by atoms with E-state index in [0.29, 0.717) is 18.9 Å². The minimum absolute atomic E-state index is 0.210. The Kier molecular flexibility index (Phi) is 6.07. The van der Waals surface area contributed by atoms with Crippen molar-refractivity contribution in [2.24, 2.45) is 5.73 Å². The Balaban J connectivity index is 1.50. The van der Waals surface area contributed by atoms with E-state index in [4.69, 9.17) is 10.2 Å². The second-order valence-electron chi connectivity index (χ2n) is 6.66. The van der Waals surface area contributed by atoms with Crippen LogP contribution in [0.4, 0.5) is 0 Å². The number of hydrogen-bond donors (Lipinski definition) is 3. The first kappa shape index (κ1) is 18.2. The molecule has 0 bridgehead atoms. The molecule has 0 saturated heterocycles. The number of benzene rings is 1. The van der Waals surface area contributed by atoms with Crippen LogP contribution in [-0.2, 0) is 6.42 Å². The van der Waals surface area contributed by atoms with Gasteiger partial charge in [0.2, 0.25) is 5.89 Å². The van der Waals surface area contributed by atoms with Gasteiger partial charge in [-0.25, -0.2) is 4.98 Å². The number of aromatic nitrogens is 1. The van der Waals surface area contributed by atoms with E-state index in [1.807, 2.05) is 0 Å². The number of nitrogens with two attached hydrogens (primary N) is 1. The number of hydrogen-bond acceptors (Lipinski definition) is 5. The normalized spacial score (nSPS) is 15.3. The van der Waals surface area contributed by atoms with E-state index in [0.717, 1.165) is 24.8 Å². The summed E-state index contributed by atoms with van der Waals surface area (Å²) < 4.78 is 5.38. The third-order valence-corrected chi connectivity index (χ3v) is 4.58. The molecule has 1 aliphatic rings. The van der Waals surface area contributed by atoms with Crippen LogP contribution in [0.25, 0.3) is 0 Å². The van der Waals surface area contributed by atoms with Gasteiger partial charge in [0.05, 0.1) is 6.04 Å². The lowest BCUT2D eigenvalue weighted by Gasteiger charge is -2.12. The van der Waals surface area contributed by atoms with Crippen molar-refractivity contribution in [3.05, 3.63) is 59.3 Å². The molecule has 26 heavy (non-hydrogen) atoms. The van der Waals surface area contributed by atoms with Crippen molar-refractivity contribution >= 4 is 5.91 Å². The molecule has 0 fully saturated rings. The first-order valence-corrected chi connectivity index (χ1v) is 9.07. The molecule has 1 aromatic carbocycles. The predicted octanol–water partition coefficient (Wildman–Crippen LogP) is 3.24. The monoisotopic (exact) mass is 355 g/mol. The van der Waals surface area contributed by atoms with E-state index in [-0.39, 0.29) is 17.4 Å². The predicted molar refractivity (Wildman–Crippen MR) is 98.7 cm³/mol. The lowest BCUT2D eigenvalue weighted by atomic mass is 9.97. The van der Waals surface area contributed by atoms with Gasteiger partial charge in [0, 0.05) is 6.54 Å². The van der Waals surface area contributed by atoms with Crippen molar-refractivity contribution < 1.29 is 14.3 Å². The third-order valence-electron chi connectivity index (χ3n) is 4.58. The summed E-state index contributed by atoms with van der Waals surface area (Å²) in [4.78, 5) is 16.4. The zero-order valence-corrected chi connectivity index (χ0v) is 14.8. The zero-order chi connectivity index (χ0) is 18.4. The molecule has 0 saturated carbocycles. The molecule has 1 unspecified atom stereocenters. The number of carbonyl (C=O) groups excluding carboxylic acids is 1. The molecule has 1 aliphatic carbocycles. The van der Waals surface area contributed by atoms with Crippen molar-refractivity contribution in [2.45, 2.75) is 44.6 Å². The topological polar surface area (TPSA) is 101 Å². The molecule has 6 heteroatoms. The van der Waals surface area contributed by atoms with Gasteiger partial charge in [-0.3, -0.25) is 4.79 Å². The van der Waals surface area contributed by atoms with Gasteiger partial charge in [-0.15, -0.1) is 0 Å². The molecule has 1 amide bonds. The van der Waals surface area contributed by atoms with Crippen LogP contribution in [0.15, 0.2) is 46.6 Å². The maximum atomic E-state index is 12.2. The molecule has 1 aromatic heterocycles. The smallest absolute Gasteiger partial charge is 0.273 e. The first-order chi connectivity index (χ1) is 12.6. The zero-order valence-electron chi connectivity index (χ0n) is 14.8. The fraction of sp³-hybridized carbons (Fsp3) is 0.400. The number of allylic oxidation sites excluding steroid dienone is 1. The molecular weight excluding hydrogens is 330 g/mol. The van der Waals surface area contributed by atoms with Crippen LogP contribution in [0.3, 0.4) is 0 Å². The Morgan fingerprint density at radius 2 is 2.12 bits per heavy atom. The average molecular weight is 355 g/mol. The van der Waals surface area contributed by atoms with Gasteiger partial charge >= 0.3 is 0 Å². The number of nitrogens with zero attached hydrogens (tertiary/aromatic N) is 1. The summed E-state index contributed by atoms with van der Waals surface area (Å²) in [6.07, 6.45) is 9.82. The Morgan fingerprint density at radius 1 is 1.31 bits per heavy atom. The van der Waals surface area contributed by atoms with Gasteiger partial charge in [0.1, 0.15) is 12.0 Å². The van der Waals surface area contributed by atoms with E-state index in [9.17, 15) is 9.90 Å². The molecule has 6 nitrogen and oxygen atoms in total. The molecule has 0 radical (unpaired) electrons. The maximum Gasteiger partial charge on any atom is 0.273 e. The van der Waals surface area contributed by atoms with Crippen LogP contribution >= 0.6 is 0 Å². The first-order valence-electron chi connectivity index (χ1n) is 9.07. The standard InChI is InChI=1S/C20H25N3O3/c21-17(12-15-6-8-16(24)9-7-15)20-23-18(13-26-20)19(25)22-11-10-14-4-2-1-3-5-14/h4,6-9,13,17,24H,1-3,5,10-12,21H2,(H,22,25). The quantitative estimate of drug-likeness (QED) is 0.662. The second kappa shape index (κ2) is 8.67. The highest BCUT2D eigenvalue weighted by molar-refractivity contribution is 5.91. The lowest BCUT2D eigenvalue weighted by Crippen LogP contribution is -2.25. The van der Waals surface area contributed by atoms with Gasteiger partial charge in [0.25, 0.3) is 5.91 Å². The Morgan fingerprint density at radius 3 is 2.85 bits per heavy atom. The SMILES string of the molecule is NC(Cc1ccc(O)cc1)c1nc(C(=O)NCCC2=CCCCC2)co1. The van der Waals surface area contributed by atoms with E-state index in [1.165, 1.54) is 24.7 Å². The van der Waals surface area contributed by atoms with Crippen LogP contribution in [0.1, 0.15) is 60.1 Å². The molecule has 138 valence electrons. The molecule has 2 aromatic rings. The van der Waals surface area contributed by atoms with Crippen molar-refractivity contribution in [2.75, 3.05) is 6.54 Å². The summed E-state index contributed by atoms with van der Waals surface area (Å²) >= 11 is 0. The van der Waals surface area contributed by atoms with E-state index < -0.39 is 6.04 Å². The van der Waals surface area contributed by atoms with Crippen LogP contribution in [0.5, 0.6) is 5.75 Å². The number of phenolic OH excluding ortho intramolecular Hbond substituents is 1. The molecule has 0 spiro atoms. The molecule has 4 N–H and O–H groups in total. The number of aromatic hydroxyl groups is 1. The molecule has 3 rings (SSSR count). The van der Waals surface area contributed by atoms with E-state index >= 15 is 0 Å². The Bertz CT molecular complexity index is 765. The minimum Gasteiger partial charge on any atom is -0.508 e. The van der Waals surface area contributed by atoms with Gasteiger partial charge in [-0.05, 0) is 56.2 Å². The molecule has 1 heterocycles. The van der Waals surface area contributed by atoms with Crippen LogP contribution in [0.2, 0.25) is 0 Å². The van der Waals surface area contributed by atoms with Gasteiger partial charge < -0.3 is 20.6 Å². The number of carbonyl (C=O) groups is 1. The van der Waals surface area contributed by atoms with E-state index in [1.54, 1.807) is 24.3 Å².